The molecule has 0 saturated carbocycles. The van der Waals surface area contributed by atoms with Crippen LogP contribution in [0.25, 0.3) is 10.9 Å². The van der Waals surface area contributed by atoms with E-state index in [1.54, 1.807) is 0 Å². The van der Waals surface area contributed by atoms with Crippen molar-refractivity contribution in [2.45, 2.75) is 13.3 Å². The van der Waals surface area contributed by atoms with Crippen LogP contribution >= 0.6 is 0 Å². The zero-order valence-corrected chi connectivity index (χ0v) is 8.54. The zero-order valence-electron chi connectivity index (χ0n) is 8.54. The fraction of sp³-hybridized carbons (Fsp3) is 0.250. The van der Waals surface area contributed by atoms with Crippen LogP contribution in [0.15, 0.2) is 30.3 Å². The van der Waals surface area contributed by atoms with E-state index in [1.165, 1.54) is 10.9 Å². The summed E-state index contributed by atoms with van der Waals surface area (Å²) in [5, 5.41) is 4.34. The average Bonchev–Trinajstić information content (AvgIpc) is 2.27. The molecule has 0 spiro atoms. The van der Waals surface area contributed by atoms with Gasteiger partial charge in [-0.1, -0.05) is 25.1 Å². The van der Waals surface area contributed by atoms with Crippen molar-refractivity contribution < 1.29 is 0 Å². The highest BCUT2D eigenvalue weighted by atomic mass is 15.0. The molecule has 0 saturated heterocycles. The normalized spacial score (nSPS) is 10.4. The molecule has 0 unspecified atom stereocenters. The van der Waals surface area contributed by atoms with E-state index >= 15 is 0 Å². The smallest absolute Gasteiger partial charge is 0.129 e. The highest BCUT2D eigenvalue weighted by Crippen LogP contribution is 2.20. The van der Waals surface area contributed by atoms with E-state index in [2.05, 4.69) is 29.4 Å². The van der Waals surface area contributed by atoms with Gasteiger partial charge in [0.2, 0.25) is 0 Å². The summed E-state index contributed by atoms with van der Waals surface area (Å²) < 4.78 is 0. The lowest BCUT2D eigenvalue weighted by Crippen LogP contribution is -1.98. The molecule has 0 aliphatic heterocycles. The summed E-state index contributed by atoms with van der Waals surface area (Å²) in [6, 6.07) is 10.4. The Hall–Kier alpha value is -1.57. The van der Waals surface area contributed by atoms with E-state index in [-0.39, 0.29) is 0 Å². The van der Waals surface area contributed by atoms with Gasteiger partial charge in [0.15, 0.2) is 0 Å². The third kappa shape index (κ3) is 1.43. The monoisotopic (exact) mass is 186 g/mol. The van der Waals surface area contributed by atoms with Crippen molar-refractivity contribution in [2.24, 2.45) is 0 Å². The fourth-order valence-corrected chi connectivity index (χ4v) is 1.65. The van der Waals surface area contributed by atoms with Gasteiger partial charge in [0.25, 0.3) is 0 Å². The molecule has 0 aliphatic rings. The topological polar surface area (TPSA) is 24.9 Å². The third-order valence-corrected chi connectivity index (χ3v) is 2.42. The van der Waals surface area contributed by atoms with Gasteiger partial charge in [-0.3, -0.25) is 0 Å². The van der Waals surface area contributed by atoms with E-state index in [0.717, 1.165) is 17.8 Å². The Balaban J connectivity index is 2.69. The number of fused-ring (bicyclic) bond motifs is 1. The van der Waals surface area contributed by atoms with Crippen molar-refractivity contribution in [3.05, 3.63) is 35.9 Å². The van der Waals surface area contributed by atoms with E-state index < -0.39 is 0 Å². The predicted molar refractivity (Wildman–Crippen MR) is 60.7 cm³/mol. The van der Waals surface area contributed by atoms with Crippen molar-refractivity contribution >= 4 is 16.7 Å². The van der Waals surface area contributed by atoms with Crippen LogP contribution < -0.4 is 5.32 Å². The lowest BCUT2D eigenvalue weighted by atomic mass is 10.1. The SMILES string of the molecule is CCc1cc2ccccc2nc1NC. The Kier molecular flexibility index (Phi) is 2.35. The number of aromatic nitrogens is 1. The first kappa shape index (κ1) is 9.00. The molecule has 0 amide bonds. The maximum absolute atomic E-state index is 4.55. The number of aryl methyl sites for hydroxylation is 1. The maximum atomic E-state index is 4.55. The van der Waals surface area contributed by atoms with Gasteiger partial charge in [-0.2, -0.15) is 0 Å². The van der Waals surface area contributed by atoms with Gasteiger partial charge in [-0.25, -0.2) is 4.98 Å². The summed E-state index contributed by atoms with van der Waals surface area (Å²) in [7, 11) is 1.91. The highest BCUT2D eigenvalue weighted by molar-refractivity contribution is 5.81. The van der Waals surface area contributed by atoms with Gasteiger partial charge >= 0.3 is 0 Å². The summed E-state index contributed by atoms with van der Waals surface area (Å²) in [5.41, 5.74) is 2.32. The molecule has 2 heteroatoms. The van der Waals surface area contributed by atoms with Crippen LogP contribution in [0.3, 0.4) is 0 Å². The molecule has 1 heterocycles. The molecular weight excluding hydrogens is 172 g/mol. The molecule has 0 aliphatic carbocycles. The van der Waals surface area contributed by atoms with Crippen molar-refractivity contribution in [3.63, 3.8) is 0 Å². The Morgan fingerprint density at radius 2 is 2.07 bits per heavy atom. The number of anilines is 1. The summed E-state index contributed by atoms with van der Waals surface area (Å²) >= 11 is 0. The number of pyridine rings is 1. The molecule has 2 rings (SSSR count). The Morgan fingerprint density at radius 3 is 2.79 bits per heavy atom. The first-order chi connectivity index (χ1) is 6.85. The number of hydrogen-bond donors (Lipinski definition) is 1. The Labute approximate surface area is 84.0 Å². The number of benzene rings is 1. The number of nitrogens with zero attached hydrogens (tertiary/aromatic N) is 1. The lowest BCUT2D eigenvalue weighted by Gasteiger charge is -2.07. The van der Waals surface area contributed by atoms with Gasteiger partial charge in [-0.15, -0.1) is 0 Å². The van der Waals surface area contributed by atoms with Gasteiger partial charge in [0, 0.05) is 12.4 Å². The molecule has 0 atom stereocenters. The molecule has 72 valence electrons. The van der Waals surface area contributed by atoms with Crippen molar-refractivity contribution in [1.82, 2.24) is 4.98 Å². The minimum absolute atomic E-state index is 0.992. The summed E-state index contributed by atoms with van der Waals surface area (Å²) in [6.45, 7) is 2.15. The molecule has 2 aromatic rings. The number of hydrogen-bond acceptors (Lipinski definition) is 2. The summed E-state index contributed by atoms with van der Waals surface area (Å²) in [4.78, 5) is 4.55. The first-order valence-electron chi connectivity index (χ1n) is 4.91. The molecule has 2 nitrogen and oxygen atoms in total. The number of nitrogens with one attached hydrogen (secondary N) is 1. The second kappa shape index (κ2) is 3.66. The van der Waals surface area contributed by atoms with E-state index in [4.69, 9.17) is 0 Å². The zero-order chi connectivity index (χ0) is 9.97. The molecule has 0 bridgehead atoms. The van der Waals surface area contributed by atoms with Crippen molar-refractivity contribution in [2.75, 3.05) is 12.4 Å². The largest absolute Gasteiger partial charge is 0.373 e. The van der Waals surface area contributed by atoms with Gasteiger partial charge in [0.05, 0.1) is 5.52 Å². The van der Waals surface area contributed by atoms with Crippen LogP contribution in [-0.2, 0) is 6.42 Å². The third-order valence-electron chi connectivity index (χ3n) is 2.42. The van der Waals surface area contributed by atoms with Crippen LogP contribution in [0.4, 0.5) is 5.82 Å². The van der Waals surface area contributed by atoms with Crippen LogP contribution in [0.2, 0.25) is 0 Å². The van der Waals surface area contributed by atoms with E-state index in [1.807, 2.05) is 25.2 Å². The summed E-state index contributed by atoms with van der Waals surface area (Å²) in [5.74, 6) is 0.992. The van der Waals surface area contributed by atoms with Crippen LogP contribution in [-0.4, -0.2) is 12.0 Å². The predicted octanol–water partition coefficient (Wildman–Crippen LogP) is 2.84. The second-order valence-corrected chi connectivity index (χ2v) is 3.29. The van der Waals surface area contributed by atoms with E-state index in [9.17, 15) is 0 Å². The number of para-hydroxylation sites is 1. The number of rotatable bonds is 2. The van der Waals surface area contributed by atoms with Gasteiger partial charge < -0.3 is 5.32 Å². The average molecular weight is 186 g/mol. The van der Waals surface area contributed by atoms with Gasteiger partial charge in [0.1, 0.15) is 5.82 Å². The van der Waals surface area contributed by atoms with E-state index in [0.29, 0.717) is 0 Å². The molecular formula is C12H14N2. The van der Waals surface area contributed by atoms with Crippen LogP contribution in [0.1, 0.15) is 12.5 Å². The molecule has 14 heavy (non-hydrogen) atoms. The van der Waals surface area contributed by atoms with Crippen molar-refractivity contribution in [1.29, 1.82) is 0 Å². The molecule has 1 aromatic heterocycles. The molecule has 0 fully saturated rings. The van der Waals surface area contributed by atoms with Gasteiger partial charge in [-0.05, 0) is 24.1 Å². The summed E-state index contributed by atoms with van der Waals surface area (Å²) in [6.07, 6.45) is 1.01. The van der Waals surface area contributed by atoms with Crippen LogP contribution in [0.5, 0.6) is 0 Å². The minimum Gasteiger partial charge on any atom is -0.373 e. The highest BCUT2D eigenvalue weighted by Gasteiger charge is 2.02. The second-order valence-electron chi connectivity index (χ2n) is 3.29. The molecule has 1 aromatic carbocycles. The standard InChI is InChI=1S/C12H14N2/c1-3-9-8-10-6-4-5-7-11(10)14-12(9)13-2/h4-8H,3H2,1-2H3,(H,13,14). The quantitative estimate of drug-likeness (QED) is 0.780. The first-order valence-corrected chi connectivity index (χ1v) is 4.91. The minimum atomic E-state index is 0.992. The Bertz CT molecular complexity index is 407. The van der Waals surface area contributed by atoms with Crippen LogP contribution in [0, 0.1) is 0 Å². The fourth-order valence-electron chi connectivity index (χ4n) is 1.65. The lowest BCUT2D eigenvalue weighted by molar-refractivity contribution is 1.12. The Morgan fingerprint density at radius 1 is 1.29 bits per heavy atom. The molecule has 1 N–H and O–H groups in total. The maximum Gasteiger partial charge on any atom is 0.129 e. The molecule has 0 radical (unpaired) electrons. The van der Waals surface area contributed by atoms with Crippen molar-refractivity contribution in [3.8, 4) is 0 Å².